The highest BCUT2D eigenvalue weighted by Crippen LogP contribution is 2.26. The summed E-state index contributed by atoms with van der Waals surface area (Å²) in [5.74, 6) is -0.934. The van der Waals surface area contributed by atoms with Gasteiger partial charge >= 0.3 is 11.9 Å². The first-order valence-electron chi connectivity index (χ1n) is 25.9. The van der Waals surface area contributed by atoms with Crippen molar-refractivity contribution in [3.8, 4) is 0 Å². The number of esters is 2. The molecule has 0 amide bonds. The van der Waals surface area contributed by atoms with Crippen LogP contribution in [0.2, 0.25) is 0 Å². The predicted octanol–water partition coefficient (Wildman–Crippen LogP) is 7.16. The van der Waals surface area contributed by atoms with Crippen LogP contribution in [-0.4, -0.2) is 142 Å². The maximum Gasteiger partial charge on any atom is 0.306 e. The van der Waals surface area contributed by atoms with Gasteiger partial charge in [-0.1, -0.05) is 160 Å². The molecule has 2 heterocycles. The second kappa shape index (κ2) is 38.8. The van der Waals surface area contributed by atoms with Crippen molar-refractivity contribution in [1.82, 2.24) is 0 Å². The maximum absolute atomic E-state index is 13.0. The highest BCUT2D eigenvalue weighted by molar-refractivity contribution is 5.70. The van der Waals surface area contributed by atoms with Gasteiger partial charge in [0.05, 0.1) is 19.8 Å². The van der Waals surface area contributed by atoms with E-state index >= 15 is 0 Å². The molecule has 2 fully saturated rings. The number of aliphatic hydroxyl groups excluding tert-OH is 7. The molecule has 15 nitrogen and oxygen atoms in total. The second-order valence-electron chi connectivity index (χ2n) is 18.4. The van der Waals surface area contributed by atoms with E-state index in [-0.39, 0.29) is 26.1 Å². The SMILES string of the molecule is CCCCCC/C=C\C/C=C\CCCCCCCC(=O)OC(COC(=O)CCCCCCCCCCCCCCCC)COC1OC(COC2OC(CO)C(O)C(O)C2O)C(O)C(O)C1O. The van der Waals surface area contributed by atoms with Gasteiger partial charge in [0.25, 0.3) is 0 Å². The smallest absolute Gasteiger partial charge is 0.306 e. The molecule has 2 rings (SSSR count). The molecule has 2 aliphatic heterocycles. The molecule has 0 aromatic heterocycles. The lowest BCUT2D eigenvalue weighted by Gasteiger charge is -2.42. The fraction of sp³-hybridized carbons (Fsp3) is 0.882. The summed E-state index contributed by atoms with van der Waals surface area (Å²) in [6.07, 6.45) is 22.0. The molecule has 0 bridgehead atoms. The van der Waals surface area contributed by atoms with E-state index in [0.29, 0.717) is 12.8 Å². The Labute approximate surface area is 396 Å². The molecule has 11 unspecified atom stereocenters. The molecule has 2 aliphatic rings. The van der Waals surface area contributed by atoms with Crippen molar-refractivity contribution in [3.05, 3.63) is 24.3 Å². The maximum atomic E-state index is 13.0. The third-order valence-electron chi connectivity index (χ3n) is 12.4. The molecule has 0 spiro atoms. The summed E-state index contributed by atoms with van der Waals surface area (Å²) in [7, 11) is 0. The van der Waals surface area contributed by atoms with Gasteiger partial charge in [0.1, 0.15) is 55.4 Å². The molecule has 0 saturated carbocycles. The Bertz CT molecular complexity index is 1250. The molecular formula is C51H92O15. The largest absolute Gasteiger partial charge is 0.462 e. The summed E-state index contributed by atoms with van der Waals surface area (Å²) in [4.78, 5) is 25.7. The molecule has 2 saturated heterocycles. The Morgan fingerprint density at radius 3 is 1.42 bits per heavy atom. The van der Waals surface area contributed by atoms with Crippen molar-refractivity contribution >= 4 is 11.9 Å². The van der Waals surface area contributed by atoms with Crippen LogP contribution in [-0.2, 0) is 38.0 Å². The van der Waals surface area contributed by atoms with Gasteiger partial charge in [-0.3, -0.25) is 9.59 Å². The average molecular weight is 945 g/mol. The van der Waals surface area contributed by atoms with Crippen LogP contribution < -0.4 is 0 Å². The normalized spacial score (nSPS) is 26.3. The van der Waals surface area contributed by atoms with Gasteiger partial charge in [-0.15, -0.1) is 0 Å². The number of hydrogen-bond acceptors (Lipinski definition) is 15. The fourth-order valence-corrected chi connectivity index (χ4v) is 8.13. The number of aliphatic hydroxyl groups is 7. The Morgan fingerprint density at radius 2 is 0.909 bits per heavy atom. The molecule has 11 atom stereocenters. The van der Waals surface area contributed by atoms with Gasteiger partial charge in [-0.25, -0.2) is 0 Å². The number of carbonyl (C=O) groups is 2. The van der Waals surface area contributed by atoms with Gasteiger partial charge in [0, 0.05) is 12.8 Å². The van der Waals surface area contributed by atoms with E-state index in [2.05, 4.69) is 38.2 Å². The van der Waals surface area contributed by atoms with E-state index in [1.165, 1.54) is 89.9 Å². The summed E-state index contributed by atoms with van der Waals surface area (Å²) < 4.78 is 33.6. The lowest BCUT2D eigenvalue weighted by Crippen LogP contribution is -2.61. The lowest BCUT2D eigenvalue weighted by atomic mass is 9.98. The molecule has 0 radical (unpaired) electrons. The predicted molar refractivity (Wildman–Crippen MR) is 252 cm³/mol. The van der Waals surface area contributed by atoms with E-state index in [1.54, 1.807) is 0 Å². The molecule has 0 aromatic carbocycles. The van der Waals surface area contributed by atoms with E-state index in [1.807, 2.05) is 0 Å². The Hall–Kier alpha value is -2.02. The van der Waals surface area contributed by atoms with Crippen molar-refractivity contribution in [1.29, 1.82) is 0 Å². The van der Waals surface area contributed by atoms with Gasteiger partial charge in [0.2, 0.25) is 0 Å². The number of unbranched alkanes of at least 4 members (excludes halogenated alkanes) is 22. The van der Waals surface area contributed by atoms with Crippen LogP contribution in [0.3, 0.4) is 0 Å². The lowest BCUT2D eigenvalue weighted by molar-refractivity contribution is -0.332. The molecule has 0 aromatic rings. The summed E-state index contributed by atoms with van der Waals surface area (Å²) >= 11 is 0. The van der Waals surface area contributed by atoms with Crippen LogP contribution in [0.1, 0.15) is 194 Å². The van der Waals surface area contributed by atoms with Crippen molar-refractivity contribution < 1.29 is 73.8 Å². The van der Waals surface area contributed by atoms with Gasteiger partial charge in [0.15, 0.2) is 18.7 Å². The third kappa shape index (κ3) is 26.7. The minimum absolute atomic E-state index is 0.152. The van der Waals surface area contributed by atoms with Crippen LogP contribution in [0.4, 0.5) is 0 Å². The molecule has 66 heavy (non-hydrogen) atoms. The van der Waals surface area contributed by atoms with E-state index < -0.39 is 92.7 Å². The molecule has 15 heteroatoms. The molecular weight excluding hydrogens is 853 g/mol. The number of allylic oxidation sites excluding steroid dienone is 4. The minimum atomic E-state index is -1.76. The van der Waals surface area contributed by atoms with Crippen LogP contribution in [0.15, 0.2) is 24.3 Å². The van der Waals surface area contributed by atoms with Crippen LogP contribution in [0, 0.1) is 0 Å². The zero-order valence-corrected chi connectivity index (χ0v) is 40.7. The topological polar surface area (TPSA) is 231 Å². The second-order valence-corrected chi connectivity index (χ2v) is 18.4. The monoisotopic (exact) mass is 945 g/mol. The van der Waals surface area contributed by atoms with Crippen molar-refractivity contribution in [3.63, 3.8) is 0 Å². The van der Waals surface area contributed by atoms with Gasteiger partial charge < -0.3 is 64.2 Å². The first-order valence-corrected chi connectivity index (χ1v) is 25.9. The van der Waals surface area contributed by atoms with Crippen molar-refractivity contribution in [2.75, 3.05) is 26.4 Å². The Morgan fingerprint density at radius 1 is 0.485 bits per heavy atom. The Balaban J connectivity index is 1.82. The van der Waals surface area contributed by atoms with Gasteiger partial charge in [-0.05, 0) is 44.9 Å². The molecule has 7 N–H and O–H groups in total. The summed E-state index contributed by atoms with van der Waals surface area (Å²) in [6, 6.07) is 0. The van der Waals surface area contributed by atoms with E-state index in [4.69, 9.17) is 28.4 Å². The first kappa shape index (κ1) is 60.1. The van der Waals surface area contributed by atoms with Crippen LogP contribution in [0.25, 0.3) is 0 Å². The zero-order valence-electron chi connectivity index (χ0n) is 40.7. The highest BCUT2D eigenvalue weighted by Gasteiger charge is 2.47. The summed E-state index contributed by atoms with van der Waals surface area (Å²) in [5, 5.41) is 72.1. The van der Waals surface area contributed by atoms with Gasteiger partial charge in [-0.2, -0.15) is 0 Å². The van der Waals surface area contributed by atoms with Crippen LogP contribution in [0.5, 0.6) is 0 Å². The quantitative estimate of drug-likeness (QED) is 0.0184. The fourth-order valence-electron chi connectivity index (χ4n) is 8.13. The summed E-state index contributed by atoms with van der Waals surface area (Å²) in [5.41, 5.74) is 0. The zero-order chi connectivity index (χ0) is 48.2. The molecule has 386 valence electrons. The standard InChI is InChI=1S/C51H92O15/c1-3-5-7-9-11-13-15-17-19-20-22-24-26-28-30-32-34-43(54)64-39(36-61-42(53)33-31-29-27-25-23-21-18-16-14-12-10-8-6-4-2)37-62-50-49(60)47(58)45(56)41(66-50)38-63-51-48(59)46(57)44(55)40(35-52)65-51/h13,15,19-20,39-41,44-52,55-60H,3-12,14,16-18,21-38H2,1-2H3/b15-13-,20-19-. The van der Waals surface area contributed by atoms with Crippen molar-refractivity contribution in [2.45, 2.75) is 261 Å². The minimum Gasteiger partial charge on any atom is -0.462 e. The first-order chi connectivity index (χ1) is 32.0. The Kier molecular flexibility index (Phi) is 35.3. The third-order valence-corrected chi connectivity index (χ3v) is 12.4. The van der Waals surface area contributed by atoms with E-state index in [9.17, 15) is 45.3 Å². The van der Waals surface area contributed by atoms with E-state index in [0.717, 1.165) is 64.2 Å². The molecule has 0 aliphatic carbocycles. The number of ether oxygens (including phenoxy) is 6. The highest BCUT2D eigenvalue weighted by atomic mass is 16.7. The summed E-state index contributed by atoms with van der Waals surface area (Å²) in [6.45, 7) is 2.57. The number of carbonyl (C=O) groups excluding carboxylic acids is 2. The average Bonchev–Trinajstić information content (AvgIpc) is 3.31. The number of rotatable bonds is 40. The van der Waals surface area contributed by atoms with Crippen LogP contribution >= 0.6 is 0 Å². The number of hydrogen-bond donors (Lipinski definition) is 7. The van der Waals surface area contributed by atoms with Crippen molar-refractivity contribution in [2.24, 2.45) is 0 Å².